The van der Waals surface area contributed by atoms with E-state index in [-0.39, 0.29) is 0 Å². The number of anilines is 1. The minimum atomic E-state index is 0.508. The number of nitrogens with zero attached hydrogens (tertiary/aromatic N) is 4. The molecule has 3 rings (SSSR count). The summed E-state index contributed by atoms with van der Waals surface area (Å²) in [6.07, 6.45) is 6.03. The summed E-state index contributed by atoms with van der Waals surface area (Å²) in [5, 5.41) is 0.814. The second-order valence-corrected chi connectivity index (χ2v) is 6.74. The van der Waals surface area contributed by atoms with E-state index in [0.717, 1.165) is 49.0 Å². The van der Waals surface area contributed by atoms with Crippen LogP contribution in [0.1, 0.15) is 24.0 Å². The van der Waals surface area contributed by atoms with Gasteiger partial charge in [-0.25, -0.2) is 9.97 Å². The van der Waals surface area contributed by atoms with Crippen molar-refractivity contribution in [3.8, 4) is 0 Å². The van der Waals surface area contributed by atoms with Crippen molar-refractivity contribution in [3.05, 3.63) is 52.8 Å². The molecule has 2 heterocycles. The second-order valence-electron chi connectivity index (χ2n) is 6.31. The molecule has 4 nitrogen and oxygen atoms in total. The molecule has 0 bridgehead atoms. The van der Waals surface area contributed by atoms with E-state index in [9.17, 15) is 0 Å². The molecule has 0 aliphatic carbocycles. The Morgan fingerprint density at radius 3 is 2.57 bits per heavy atom. The zero-order chi connectivity index (χ0) is 16.2. The summed E-state index contributed by atoms with van der Waals surface area (Å²) in [5.74, 6) is 0.823. The third kappa shape index (κ3) is 4.21. The van der Waals surface area contributed by atoms with E-state index in [0.29, 0.717) is 6.04 Å². The van der Waals surface area contributed by atoms with E-state index in [4.69, 9.17) is 11.6 Å². The number of halogens is 1. The van der Waals surface area contributed by atoms with Gasteiger partial charge in [0, 0.05) is 50.1 Å². The molecule has 0 atom stereocenters. The molecule has 0 amide bonds. The topological polar surface area (TPSA) is 32.3 Å². The molecule has 2 aromatic rings. The van der Waals surface area contributed by atoms with Crippen molar-refractivity contribution in [2.45, 2.75) is 32.4 Å². The zero-order valence-electron chi connectivity index (χ0n) is 13.7. The van der Waals surface area contributed by atoms with Crippen molar-refractivity contribution in [2.75, 3.05) is 25.0 Å². The van der Waals surface area contributed by atoms with Crippen LogP contribution in [0, 0.1) is 6.92 Å². The Balaban J connectivity index is 1.54. The van der Waals surface area contributed by atoms with Crippen LogP contribution in [-0.4, -0.2) is 41.0 Å². The third-order valence-electron chi connectivity index (χ3n) is 4.48. The van der Waals surface area contributed by atoms with E-state index in [1.54, 1.807) is 0 Å². The van der Waals surface area contributed by atoms with E-state index >= 15 is 0 Å². The van der Waals surface area contributed by atoms with Crippen LogP contribution >= 0.6 is 11.6 Å². The van der Waals surface area contributed by atoms with Gasteiger partial charge in [0.2, 0.25) is 5.95 Å². The van der Waals surface area contributed by atoms with Gasteiger partial charge in [-0.2, -0.15) is 0 Å². The summed E-state index contributed by atoms with van der Waals surface area (Å²) in [5.41, 5.74) is 2.38. The minimum absolute atomic E-state index is 0.508. The maximum atomic E-state index is 6.07. The molecule has 1 aromatic carbocycles. The molecule has 23 heavy (non-hydrogen) atoms. The van der Waals surface area contributed by atoms with E-state index in [2.05, 4.69) is 38.9 Å². The normalized spacial score (nSPS) is 16.5. The first-order chi connectivity index (χ1) is 11.1. The maximum absolute atomic E-state index is 6.07. The highest BCUT2D eigenvalue weighted by atomic mass is 35.5. The van der Waals surface area contributed by atoms with Gasteiger partial charge in [-0.15, -0.1) is 0 Å². The number of hydrogen-bond acceptors (Lipinski definition) is 4. The molecule has 0 radical (unpaired) electrons. The Morgan fingerprint density at radius 1 is 1.22 bits per heavy atom. The molecule has 1 aliphatic rings. The van der Waals surface area contributed by atoms with E-state index in [1.165, 1.54) is 5.56 Å². The standard InChI is InChI=1S/C18H23ClN4/c1-14-11-20-18(21-12-14)22(2)17-6-8-23(9-7-17)13-15-4-3-5-16(19)10-15/h3-5,10-12,17H,6-9,13H2,1-2H3. The number of hydrogen-bond donors (Lipinski definition) is 0. The van der Waals surface area contributed by atoms with Gasteiger partial charge in [0.1, 0.15) is 0 Å². The van der Waals surface area contributed by atoms with Crippen LogP contribution in [0.3, 0.4) is 0 Å². The van der Waals surface area contributed by atoms with E-state index in [1.807, 2.05) is 31.5 Å². The van der Waals surface area contributed by atoms with Gasteiger partial charge in [0.25, 0.3) is 0 Å². The third-order valence-corrected chi connectivity index (χ3v) is 4.72. The first-order valence-corrected chi connectivity index (χ1v) is 8.48. The maximum Gasteiger partial charge on any atom is 0.225 e. The predicted octanol–water partition coefficient (Wildman–Crippen LogP) is 3.54. The van der Waals surface area contributed by atoms with Crippen molar-refractivity contribution in [1.29, 1.82) is 0 Å². The molecular formula is C18H23ClN4. The number of rotatable bonds is 4. The van der Waals surface area contributed by atoms with Crippen molar-refractivity contribution in [1.82, 2.24) is 14.9 Å². The lowest BCUT2D eigenvalue weighted by atomic mass is 10.0. The Kier molecular flexibility index (Phi) is 5.13. The van der Waals surface area contributed by atoms with E-state index < -0.39 is 0 Å². The summed E-state index contributed by atoms with van der Waals surface area (Å²) in [6.45, 7) is 5.16. The van der Waals surface area contributed by atoms with Gasteiger partial charge in [-0.3, -0.25) is 4.90 Å². The van der Waals surface area contributed by atoms with Crippen LogP contribution in [0.2, 0.25) is 5.02 Å². The Hall–Kier alpha value is -1.65. The minimum Gasteiger partial charge on any atom is -0.341 e. The number of benzene rings is 1. The quantitative estimate of drug-likeness (QED) is 0.858. The fourth-order valence-electron chi connectivity index (χ4n) is 3.09. The van der Waals surface area contributed by atoms with Gasteiger partial charge in [-0.1, -0.05) is 23.7 Å². The van der Waals surface area contributed by atoms with Gasteiger partial charge in [0.05, 0.1) is 0 Å². The number of aryl methyl sites for hydroxylation is 1. The lowest BCUT2D eigenvalue weighted by Gasteiger charge is -2.36. The highest BCUT2D eigenvalue weighted by Gasteiger charge is 2.23. The molecule has 1 fully saturated rings. The average Bonchev–Trinajstić information content (AvgIpc) is 2.56. The molecule has 5 heteroatoms. The van der Waals surface area contributed by atoms with Crippen LogP contribution in [-0.2, 0) is 6.54 Å². The van der Waals surface area contributed by atoms with Gasteiger partial charge >= 0.3 is 0 Å². The van der Waals surface area contributed by atoms with Gasteiger partial charge in [0.15, 0.2) is 0 Å². The SMILES string of the molecule is Cc1cnc(N(C)C2CCN(Cc3cccc(Cl)c3)CC2)nc1. The fraction of sp³-hybridized carbons (Fsp3) is 0.444. The van der Waals surface area contributed by atoms with Crippen LogP contribution in [0.4, 0.5) is 5.95 Å². The van der Waals surface area contributed by atoms with Crippen molar-refractivity contribution in [2.24, 2.45) is 0 Å². The zero-order valence-corrected chi connectivity index (χ0v) is 14.5. The van der Waals surface area contributed by atoms with Crippen LogP contribution in [0.25, 0.3) is 0 Å². The summed E-state index contributed by atoms with van der Waals surface area (Å²) in [7, 11) is 2.10. The first-order valence-electron chi connectivity index (χ1n) is 8.10. The van der Waals surface area contributed by atoms with Crippen molar-refractivity contribution in [3.63, 3.8) is 0 Å². The number of likely N-dealkylation sites (tertiary alicyclic amines) is 1. The second kappa shape index (κ2) is 7.28. The lowest BCUT2D eigenvalue weighted by molar-refractivity contribution is 0.203. The van der Waals surface area contributed by atoms with Crippen molar-refractivity contribution >= 4 is 17.5 Å². The highest BCUT2D eigenvalue weighted by molar-refractivity contribution is 6.30. The molecule has 1 aliphatic heterocycles. The van der Waals surface area contributed by atoms with Gasteiger partial charge < -0.3 is 4.90 Å². The van der Waals surface area contributed by atoms with Crippen molar-refractivity contribution < 1.29 is 0 Å². The average molecular weight is 331 g/mol. The Bertz CT molecular complexity index is 636. The molecule has 1 saturated heterocycles. The largest absolute Gasteiger partial charge is 0.341 e. The summed E-state index contributed by atoms with van der Waals surface area (Å²) < 4.78 is 0. The molecule has 0 spiro atoms. The lowest BCUT2D eigenvalue weighted by Crippen LogP contribution is -2.43. The molecule has 122 valence electrons. The fourth-order valence-corrected chi connectivity index (χ4v) is 3.30. The summed E-state index contributed by atoms with van der Waals surface area (Å²) in [4.78, 5) is 13.6. The number of aromatic nitrogens is 2. The van der Waals surface area contributed by atoms with Gasteiger partial charge in [-0.05, 0) is 43.0 Å². The molecule has 0 saturated carbocycles. The van der Waals surface area contributed by atoms with Crippen LogP contribution in [0.15, 0.2) is 36.7 Å². The van der Waals surface area contributed by atoms with Crippen LogP contribution in [0.5, 0.6) is 0 Å². The Labute approximate surface area is 143 Å². The number of piperidine rings is 1. The summed E-state index contributed by atoms with van der Waals surface area (Å²) >= 11 is 6.07. The smallest absolute Gasteiger partial charge is 0.225 e. The molecule has 0 unspecified atom stereocenters. The monoisotopic (exact) mass is 330 g/mol. The highest BCUT2D eigenvalue weighted by Crippen LogP contribution is 2.21. The molecular weight excluding hydrogens is 308 g/mol. The first kappa shape index (κ1) is 16.2. The summed E-state index contributed by atoms with van der Waals surface area (Å²) in [6, 6.07) is 8.65. The molecule has 1 aromatic heterocycles. The Morgan fingerprint density at radius 2 is 1.91 bits per heavy atom. The molecule has 0 N–H and O–H groups in total. The van der Waals surface area contributed by atoms with Crippen LogP contribution < -0.4 is 4.90 Å². The predicted molar refractivity (Wildman–Crippen MR) is 94.9 cm³/mol.